The molecule has 1 unspecified atom stereocenters. The fraction of sp³-hybridized carbons (Fsp3) is 0.516. The third-order valence-electron chi connectivity index (χ3n) is 7.92. The fourth-order valence-electron chi connectivity index (χ4n) is 6.03. The van der Waals surface area contributed by atoms with Crippen LogP contribution >= 0.6 is 0 Å². The molecule has 1 heterocycles. The van der Waals surface area contributed by atoms with Crippen LogP contribution < -0.4 is 0 Å². The van der Waals surface area contributed by atoms with Gasteiger partial charge in [-0.15, -0.1) is 0 Å². The van der Waals surface area contributed by atoms with Crippen LogP contribution in [0.3, 0.4) is 0 Å². The topological polar surface area (TPSA) is 96.4 Å². The molecule has 1 aliphatic heterocycles. The highest BCUT2D eigenvalue weighted by molar-refractivity contribution is 5.85. The molecule has 8 nitrogen and oxygen atoms in total. The van der Waals surface area contributed by atoms with E-state index >= 15 is 0 Å². The molecule has 1 fully saturated rings. The van der Waals surface area contributed by atoms with Gasteiger partial charge < -0.3 is 19.5 Å². The molecule has 4 rings (SSSR count). The van der Waals surface area contributed by atoms with Gasteiger partial charge in [-0.2, -0.15) is 0 Å². The van der Waals surface area contributed by atoms with Crippen molar-refractivity contribution < 1.29 is 29.0 Å². The fourth-order valence-corrected chi connectivity index (χ4v) is 6.03. The van der Waals surface area contributed by atoms with Crippen LogP contribution in [0.1, 0.15) is 71.4 Å². The summed E-state index contributed by atoms with van der Waals surface area (Å²) in [6, 6.07) is 15.8. The second kappa shape index (κ2) is 10.9. The number of benzene rings is 2. The maximum absolute atomic E-state index is 13.6. The highest BCUT2D eigenvalue weighted by atomic mass is 16.6. The van der Waals surface area contributed by atoms with Crippen molar-refractivity contribution >= 4 is 18.2 Å². The molecule has 1 N–H and O–H groups in total. The molecule has 1 aliphatic carbocycles. The molecule has 0 aromatic heterocycles. The molecule has 0 saturated carbocycles. The number of piperidine rings is 1. The maximum Gasteiger partial charge on any atom is 0.410 e. The number of carbonyl (C=O) groups is 3. The quantitative estimate of drug-likeness (QED) is 0.477. The number of carboxylic acids is 1. The summed E-state index contributed by atoms with van der Waals surface area (Å²) in [6.07, 6.45) is -0.189. The molecule has 2 aliphatic rings. The summed E-state index contributed by atoms with van der Waals surface area (Å²) in [4.78, 5) is 42.0. The predicted octanol–water partition coefficient (Wildman–Crippen LogP) is 6.14. The van der Waals surface area contributed by atoms with E-state index in [-0.39, 0.29) is 18.4 Å². The van der Waals surface area contributed by atoms with Crippen LogP contribution in [0.5, 0.6) is 0 Å². The van der Waals surface area contributed by atoms with Gasteiger partial charge in [-0.25, -0.2) is 14.4 Å². The Balaban J connectivity index is 1.51. The van der Waals surface area contributed by atoms with Crippen molar-refractivity contribution in [2.24, 2.45) is 5.92 Å². The zero-order valence-corrected chi connectivity index (χ0v) is 23.8. The van der Waals surface area contributed by atoms with Gasteiger partial charge in [0.25, 0.3) is 0 Å². The Kier molecular flexibility index (Phi) is 7.96. The van der Waals surface area contributed by atoms with Gasteiger partial charge in [-0.05, 0) is 82.6 Å². The monoisotopic (exact) mass is 536 g/mol. The summed E-state index contributed by atoms with van der Waals surface area (Å²) in [5.74, 6) is -1.57. The van der Waals surface area contributed by atoms with E-state index in [0.717, 1.165) is 22.3 Å². The highest BCUT2D eigenvalue weighted by Gasteiger charge is 2.51. The van der Waals surface area contributed by atoms with Crippen molar-refractivity contribution in [3.05, 3.63) is 59.7 Å². The normalized spacial score (nSPS) is 17.3. The Morgan fingerprint density at radius 2 is 1.46 bits per heavy atom. The number of nitrogens with zero attached hydrogens (tertiary/aromatic N) is 2. The maximum atomic E-state index is 13.6. The molecule has 0 spiro atoms. The number of hydrogen-bond donors (Lipinski definition) is 1. The van der Waals surface area contributed by atoms with Crippen molar-refractivity contribution in [1.29, 1.82) is 0 Å². The van der Waals surface area contributed by atoms with Gasteiger partial charge >= 0.3 is 18.2 Å². The van der Waals surface area contributed by atoms with Gasteiger partial charge in [-0.1, -0.05) is 48.5 Å². The van der Waals surface area contributed by atoms with Gasteiger partial charge in [0.15, 0.2) is 0 Å². The third-order valence-corrected chi connectivity index (χ3v) is 7.92. The minimum Gasteiger partial charge on any atom is -0.479 e. The Hall–Kier alpha value is -3.55. The molecule has 39 heavy (non-hydrogen) atoms. The zero-order valence-electron chi connectivity index (χ0n) is 23.8. The van der Waals surface area contributed by atoms with E-state index in [0.29, 0.717) is 25.9 Å². The van der Waals surface area contributed by atoms with Gasteiger partial charge in [0.05, 0.1) is 0 Å². The van der Waals surface area contributed by atoms with Crippen LogP contribution in [0.2, 0.25) is 0 Å². The summed E-state index contributed by atoms with van der Waals surface area (Å²) in [5, 5.41) is 10.5. The number of carboxylic acid groups (broad SMARTS) is 1. The Morgan fingerprint density at radius 3 is 1.92 bits per heavy atom. The van der Waals surface area contributed by atoms with E-state index in [2.05, 4.69) is 12.1 Å². The molecule has 210 valence electrons. The van der Waals surface area contributed by atoms with Gasteiger partial charge in [-0.3, -0.25) is 4.90 Å². The first kappa shape index (κ1) is 28.5. The summed E-state index contributed by atoms with van der Waals surface area (Å²) in [7, 11) is 0. The van der Waals surface area contributed by atoms with E-state index < -0.39 is 35.3 Å². The van der Waals surface area contributed by atoms with Gasteiger partial charge in [0.1, 0.15) is 17.7 Å². The number of likely N-dealkylation sites (tertiary alicyclic amines) is 1. The summed E-state index contributed by atoms with van der Waals surface area (Å²) in [6.45, 7) is 11.5. The minimum absolute atomic E-state index is 0.114. The second-order valence-electron chi connectivity index (χ2n) is 12.0. The van der Waals surface area contributed by atoms with Crippen LogP contribution in [-0.4, -0.2) is 69.9 Å². The smallest absolute Gasteiger partial charge is 0.410 e. The standard InChI is InChI=1S/C31H40N2O6/c1-20(2)33(31(6,27(34)35)21-15-17-32(18-16-21)28(36)39-30(3,4)5)29(37)38-19-26-24-13-9-7-11-22(24)23-12-8-10-14-25(23)26/h7-14,20-21,26H,15-19H2,1-6H3,(H,34,35). The van der Waals surface area contributed by atoms with E-state index in [1.54, 1.807) is 25.7 Å². The number of hydrogen-bond acceptors (Lipinski definition) is 5. The van der Waals surface area contributed by atoms with Crippen molar-refractivity contribution in [3.8, 4) is 11.1 Å². The molecule has 0 bridgehead atoms. The predicted molar refractivity (Wildman–Crippen MR) is 149 cm³/mol. The average molecular weight is 537 g/mol. The van der Waals surface area contributed by atoms with E-state index in [1.807, 2.05) is 57.2 Å². The lowest BCUT2D eigenvalue weighted by Gasteiger charge is -2.47. The number of rotatable bonds is 6. The van der Waals surface area contributed by atoms with Crippen molar-refractivity contribution in [2.75, 3.05) is 19.7 Å². The largest absolute Gasteiger partial charge is 0.479 e. The van der Waals surface area contributed by atoms with Crippen LogP contribution in [-0.2, 0) is 14.3 Å². The first-order valence-electron chi connectivity index (χ1n) is 13.7. The number of amides is 2. The number of ether oxygens (including phenoxy) is 2. The minimum atomic E-state index is -1.50. The first-order valence-corrected chi connectivity index (χ1v) is 13.7. The molecule has 2 aromatic carbocycles. The van der Waals surface area contributed by atoms with Crippen molar-refractivity contribution in [3.63, 3.8) is 0 Å². The summed E-state index contributed by atoms with van der Waals surface area (Å²) >= 11 is 0. The van der Waals surface area contributed by atoms with Gasteiger partial charge in [0.2, 0.25) is 0 Å². The van der Waals surface area contributed by atoms with Gasteiger partial charge in [0, 0.05) is 25.0 Å². The first-order chi connectivity index (χ1) is 18.3. The molecule has 1 saturated heterocycles. The lowest BCUT2D eigenvalue weighted by molar-refractivity contribution is -0.156. The van der Waals surface area contributed by atoms with Crippen molar-refractivity contribution in [1.82, 2.24) is 9.80 Å². The van der Waals surface area contributed by atoms with Crippen molar-refractivity contribution in [2.45, 2.75) is 77.5 Å². The lowest BCUT2D eigenvalue weighted by atomic mass is 9.77. The molecule has 1 atom stereocenters. The second-order valence-corrected chi connectivity index (χ2v) is 12.0. The molecule has 2 aromatic rings. The Morgan fingerprint density at radius 1 is 0.949 bits per heavy atom. The zero-order chi connectivity index (χ0) is 28.5. The van der Waals surface area contributed by atoms with E-state index in [9.17, 15) is 19.5 Å². The molecule has 0 radical (unpaired) electrons. The number of fused-ring (bicyclic) bond motifs is 3. The molecular formula is C31H40N2O6. The molecule has 8 heteroatoms. The highest BCUT2D eigenvalue weighted by Crippen LogP contribution is 2.45. The average Bonchev–Trinajstić information content (AvgIpc) is 3.20. The number of carbonyl (C=O) groups excluding carboxylic acids is 2. The SMILES string of the molecule is CC(C)N(C(=O)OCC1c2ccccc2-c2ccccc21)C(C)(C(=O)O)C1CCN(C(=O)OC(C)(C)C)CC1. The number of aliphatic carboxylic acids is 1. The Bertz CT molecular complexity index is 1180. The van der Waals surface area contributed by atoms with Crippen LogP contribution in [0, 0.1) is 5.92 Å². The molecular weight excluding hydrogens is 496 g/mol. The van der Waals surface area contributed by atoms with E-state index in [4.69, 9.17) is 9.47 Å². The summed E-state index contributed by atoms with van der Waals surface area (Å²) in [5.41, 5.74) is 2.33. The summed E-state index contributed by atoms with van der Waals surface area (Å²) < 4.78 is 11.4. The van der Waals surface area contributed by atoms with Crippen LogP contribution in [0.15, 0.2) is 48.5 Å². The Labute approximate surface area is 230 Å². The van der Waals surface area contributed by atoms with Crippen LogP contribution in [0.25, 0.3) is 11.1 Å². The van der Waals surface area contributed by atoms with E-state index in [1.165, 1.54) is 4.90 Å². The van der Waals surface area contributed by atoms with Crippen LogP contribution in [0.4, 0.5) is 9.59 Å². The third kappa shape index (κ3) is 5.60. The molecule has 2 amide bonds. The lowest BCUT2D eigenvalue weighted by Crippen LogP contribution is -2.63.